The van der Waals surface area contributed by atoms with Gasteiger partial charge in [0, 0.05) is 25.9 Å². The third kappa shape index (κ3) is 2.44. The average molecular weight is 297 g/mol. The predicted molar refractivity (Wildman–Crippen MR) is 71.1 cm³/mol. The van der Waals surface area contributed by atoms with E-state index in [4.69, 9.17) is 14.6 Å². The van der Waals surface area contributed by atoms with Gasteiger partial charge in [0.25, 0.3) is 5.91 Å². The summed E-state index contributed by atoms with van der Waals surface area (Å²) in [4.78, 5) is 25.5. The molecule has 1 spiro atoms. The lowest BCUT2D eigenvalue weighted by Gasteiger charge is -2.37. The minimum Gasteiger partial charge on any atom is -0.477 e. The number of piperidine rings is 1. The second kappa shape index (κ2) is 5.16. The van der Waals surface area contributed by atoms with Gasteiger partial charge in [-0.05, 0) is 12.1 Å². The van der Waals surface area contributed by atoms with Crippen LogP contribution in [0.3, 0.4) is 0 Å². The zero-order chi connectivity index (χ0) is 14.2. The van der Waals surface area contributed by atoms with E-state index in [9.17, 15) is 9.59 Å². The zero-order valence-electron chi connectivity index (χ0n) is 10.8. The summed E-state index contributed by atoms with van der Waals surface area (Å²) in [5.41, 5.74) is 0. The van der Waals surface area contributed by atoms with Crippen molar-refractivity contribution in [3.05, 3.63) is 21.9 Å². The Morgan fingerprint density at radius 1 is 1.15 bits per heavy atom. The van der Waals surface area contributed by atoms with Gasteiger partial charge >= 0.3 is 5.97 Å². The number of nitrogens with zero attached hydrogens (tertiary/aromatic N) is 1. The van der Waals surface area contributed by atoms with Crippen LogP contribution in [0.5, 0.6) is 0 Å². The summed E-state index contributed by atoms with van der Waals surface area (Å²) in [6.45, 7) is 2.36. The van der Waals surface area contributed by atoms with E-state index in [-0.39, 0.29) is 10.8 Å². The molecule has 1 aromatic rings. The van der Waals surface area contributed by atoms with Crippen molar-refractivity contribution in [2.24, 2.45) is 0 Å². The summed E-state index contributed by atoms with van der Waals surface area (Å²) in [5, 5.41) is 8.88. The second-order valence-corrected chi connectivity index (χ2v) is 5.95. The first-order valence-electron chi connectivity index (χ1n) is 6.50. The number of carboxylic acids is 1. The molecular formula is C13H15NO5S. The summed E-state index contributed by atoms with van der Waals surface area (Å²) in [6, 6.07) is 3.04. The lowest BCUT2D eigenvalue weighted by atomic mass is 10.0. The van der Waals surface area contributed by atoms with E-state index in [1.54, 1.807) is 11.0 Å². The van der Waals surface area contributed by atoms with Crippen LogP contribution in [-0.4, -0.2) is 54.0 Å². The molecule has 0 saturated carbocycles. The second-order valence-electron chi connectivity index (χ2n) is 4.87. The van der Waals surface area contributed by atoms with E-state index < -0.39 is 11.8 Å². The van der Waals surface area contributed by atoms with Crippen molar-refractivity contribution in [2.45, 2.75) is 18.6 Å². The van der Waals surface area contributed by atoms with Crippen LogP contribution in [0.25, 0.3) is 0 Å². The van der Waals surface area contributed by atoms with Crippen LogP contribution in [0.4, 0.5) is 0 Å². The highest BCUT2D eigenvalue weighted by Gasteiger charge is 2.41. The van der Waals surface area contributed by atoms with E-state index >= 15 is 0 Å². The first-order chi connectivity index (χ1) is 9.60. The standard InChI is InChI=1S/C13H15NO5S/c15-11(9-1-2-10(20-9)12(16)17)14-5-3-13(4-6-14)18-7-8-19-13/h1-2H,3-8H2,(H,16,17). The van der Waals surface area contributed by atoms with Crippen molar-refractivity contribution in [3.63, 3.8) is 0 Å². The number of hydrogen-bond acceptors (Lipinski definition) is 5. The number of carbonyl (C=O) groups excluding carboxylic acids is 1. The molecule has 6 nitrogen and oxygen atoms in total. The summed E-state index contributed by atoms with van der Waals surface area (Å²) >= 11 is 1.01. The van der Waals surface area contributed by atoms with E-state index in [0.29, 0.717) is 44.0 Å². The van der Waals surface area contributed by atoms with Crippen molar-refractivity contribution in [2.75, 3.05) is 26.3 Å². The molecule has 1 N–H and O–H groups in total. The Morgan fingerprint density at radius 2 is 1.75 bits per heavy atom. The number of amides is 1. The van der Waals surface area contributed by atoms with Gasteiger partial charge in [0.2, 0.25) is 0 Å². The predicted octanol–water partition coefficient (Wildman–Crippen LogP) is 1.43. The van der Waals surface area contributed by atoms with Crippen LogP contribution in [0.2, 0.25) is 0 Å². The van der Waals surface area contributed by atoms with Gasteiger partial charge < -0.3 is 19.5 Å². The third-order valence-corrected chi connectivity index (χ3v) is 4.71. The normalized spacial score (nSPS) is 21.3. The van der Waals surface area contributed by atoms with Gasteiger partial charge in [-0.1, -0.05) is 0 Å². The highest BCUT2D eigenvalue weighted by Crippen LogP contribution is 2.32. The van der Waals surface area contributed by atoms with E-state index in [1.807, 2.05) is 0 Å². The number of thiophene rings is 1. The molecular weight excluding hydrogens is 282 g/mol. The summed E-state index contributed by atoms with van der Waals surface area (Å²) in [7, 11) is 0. The fourth-order valence-corrected chi connectivity index (χ4v) is 3.37. The number of likely N-dealkylation sites (tertiary alicyclic amines) is 1. The van der Waals surface area contributed by atoms with Crippen LogP contribution < -0.4 is 0 Å². The summed E-state index contributed by atoms with van der Waals surface area (Å²) in [5.74, 6) is -1.62. The maximum Gasteiger partial charge on any atom is 0.345 e. The molecule has 7 heteroatoms. The van der Waals surface area contributed by atoms with Crippen LogP contribution in [0.1, 0.15) is 32.2 Å². The third-order valence-electron chi connectivity index (χ3n) is 3.65. The van der Waals surface area contributed by atoms with Crippen LogP contribution in [0.15, 0.2) is 12.1 Å². The van der Waals surface area contributed by atoms with Gasteiger partial charge in [0.05, 0.1) is 18.1 Å². The number of ether oxygens (including phenoxy) is 2. The van der Waals surface area contributed by atoms with Gasteiger partial charge in [-0.25, -0.2) is 4.79 Å². The van der Waals surface area contributed by atoms with Crippen LogP contribution in [-0.2, 0) is 9.47 Å². The number of hydrogen-bond donors (Lipinski definition) is 1. The maximum absolute atomic E-state index is 12.3. The van der Waals surface area contributed by atoms with Crippen molar-refractivity contribution in [3.8, 4) is 0 Å². The minimum absolute atomic E-state index is 0.115. The zero-order valence-corrected chi connectivity index (χ0v) is 11.6. The molecule has 108 valence electrons. The Labute approximate surface area is 119 Å². The van der Waals surface area contributed by atoms with Crippen molar-refractivity contribution < 1.29 is 24.2 Å². The molecule has 20 heavy (non-hydrogen) atoms. The molecule has 2 fully saturated rings. The molecule has 0 unspecified atom stereocenters. The molecule has 3 heterocycles. The molecule has 2 aliphatic heterocycles. The van der Waals surface area contributed by atoms with Gasteiger partial charge in [0.1, 0.15) is 4.88 Å². The van der Waals surface area contributed by atoms with Gasteiger partial charge in [-0.2, -0.15) is 0 Å². The molecule has 0 bridgehead atoms. The Bertz CT molecular complexity index is 525. The Hall–Kier alpha value is -1.44. The molecule has 1 amide bonds. The number of aromatic carboxylic acids is 1. The molecule has 0 radical (unpaired) electrons. The molecule has 0 atom stereocenters. The summed E-state index contributed by atoms with van der Waals surface area (Å²) in [6.07, 6.45) is 1.33. The van der Waals surface area contributed by atoms with Gasteiger partial charge in [-0.15, -0.1) is 11.3 Å². The van der Waals surface area contributed by atoms with Gasteiger partial charge in [0.15, 0.2) is 5.79 Å². The molecule has 1 aromatic heterocycles. The largest absolute Gasteiger partial charge is 0.477 e. The van der Waals surface area contributed by atoms with Crippen LogP contribution in [0, 0.1) is 0 Å². The minimum atomic E-state index is -1.00. The molecule has 3 rings (SSSR count). The quantitative estimate of drug-likeness (QED) is 0.893. The Balaban J connectivity index is 1.65. The monoisotopic (exact) mass is 297 g/mol. The number of carbonyl (C=O) groups is 2. The van der Waals surface area contributed by atoms with Crippen molar-refractivity contribution >= 4 is 23.2 Å². The first kappa shape index (κ1) is 13.5. The Kier molecular flexibility index (Phi) is 3.49. The van der Waals surface area contributed by atoms with E-state index in [0.717, 1.165) is 11.3 Å². The lowest BCUT2D eigenvalue weighted by molar-refractivity contribution is -0.181. The topological polar surface area (TPSA) is 76.1 Å². The molecule has 2 aliphatic rings. The average Bonchev–Trinajstić information content (AvgIpc) is 3.08. The fraction of sp³-hybridized carbons (Fsp3) is 0.538. The van der Waals surface area contributed by atoms with Crippen molar-refractivity contribution in [1.82, 2.24) is 4.90 Å². The Morgan fingerprint density at radius 3 is 2.30 bits per heavy atom. The number of rotatable bonds is 2. The highest BCUT2D eigenvalue weighted by atomic mass is 32.1. The first-order valence-corrected chi connectivity index (χ1v) is 7.32. The smallest absolute Gasteiger partial charge is 0.345 e. The fourth-order valence-electron chi connectivity index (χ4n) is 2.56. The summed E-state index contributed by atoms with van der Waals surface area (Å²) < 4.78 is 11.2. The highest BCUT2D eigenvalue weighted by molar-refractivity contribution is 7.15. The molecule has 2 saturated heterocycles. The van der Waals surface area contributed by atoms with Gasteiger partial charge in [-0.3, -0.25) is 4.79 Å². The van der Waals surface area contributed by atoms with Crippen LogP contribution >= 0.6 is 11.3 Å². The number of carboxylic acid groups (broad SMARTS) is 1. The lowest BCUT2D eigenvalue weighted by Crippen LogP contribution is -2.47. The molecule has 0 aliphatic carbocycles. The van der Waals surface area contributed by atoms with Crippen molar-refractivity contribution in [1.29, 1.82) is 0 Å². The van der Waals surface area contributed by atoms with E-state index in [1.165, 1.54) is 6.07 Å². The molecule has 0 aromatic carbocycles. The SMILES string of the molecule is O=C(O)c1ccc(C(=O)N2CCC3(CC2)OCCO3)s1. The maximum atomic E-state index is 12.3. The van der Waals surface area contributed by atoms with E-state index in [2.05, 4.69) is 0 Å².